The highest BCUT2D eigenvalue weighted by Crippen LogP contribution is 2.53. The van der Waals surface area contributed by atoms with E-state index in [9.17, 15) is 18.8 Å². The molecular formula is C30H30BrClFN3O4. The van der Waals surface area contributed by atoms with Gasteiger partial charge in [-0.15, -0.1) is 0 Å². The molecule has 2 bridgehead atoms. The van der Waals surface area contributed by atoms with Crippen LogP contribution in [0.15, 0.2) is 59.1 Å². The number of nitrogens with one attached hydrogen (secondary N) is 2. The summed E-state index contributed by atoms with van der Waals surface area (Å²) in [6, 6.07) is 10.4. The standard InChI is InChI=1S/C30H30BrClFN3O4/c1-16-4-2-3-5-21(16)34-28(38)26(17-6-9-19(32)10-7-17)36-15-30-13-12-23(40-30)24(25(30)29(36)39)27(37)35-22-11-8-18(31)14-20(22)33/h6-14,16,21,23-26H,2-5,15H2,1H3,(H,34,38)(H,35,37). The zero-order valence-corrected chi connectivity index (χ0v) is 24.3. The van der Waals surface area contributed by atoms with Gasteiger partial charge in [0.05, 0.1) is 30.2 Å². The monoisotopic (exact) mass is 629 g/mol. The average Bonchev–Trinajstić information content (AvgIpc) is 3.57. The molecule has 3 heterocycles. The molecule has 40 heavy (non-hydrogen) atoms. The molecule has 7 nitrogen and oxygen atoms in total. The van der Waals surface area contributed by atoms with Gasteiger partial charge in [0.25, 0.3) is 0 Å². The molecule has 1 saturated carbocycles. The Balaban J connectivity index is 1.29. The summed E-state index contributed by atoms with van der Waals surface area (Å²) in [6.07, 6.45) is 7.14. The maximum Gasteiger partial charge on any atom is 0.247 e. The summed E-state index contributed by atoms with van der Waals surface area (Å²) in [5.74, 6) is -3.05. The number of carbonyl (C=O) groups excluding carboxylic acids is 3. The van der Waals surface area contributed by atoms with E-state index in [1.54, 1.807) is 36.4 Å². The van der Waals surface area contributed by atoms with E-state index < -0.39 is 41.3 Å². The van der Waals surface area contributed by atoms with Crippen LogP contribution >= 0.6 is 27.5 Å². The van der Waals surface area contributed by atoms with Crippen molar-refractivity contribution in [1.82, 2.24) is 10.2 Å². The maximum absolute atomic E-state index is 14.5. The van der Waals surface area contributed by atoms with Gasteiger partial charge in [-0.3, -0.25) is 14.4 Å². The lowest BCUT2D eigenvalue weighted by molar-refractivity contribution is -0.142. The van der Waals surface area contributed by atoms with Crippen LogP contribution in [0, 0.1) is 23.6 Å². The Hall–Kier alpha value is -2.75. The zero-order valence-electron chi connectivity index (χ0n) is 21.9. The summed E-state index contributed by atoms with van der Waals surface area (Å²) in [5, 5.41) is 6.38. The van der Waals surface area contributed by atoms with Crippen LogP contribution in [-0.2, 0) is 19.1 Å². The Morgan fingerprint density at radius 1 is 1.18 bits per heavy atom. The van der Waals surface area contributed by atoms with Gasteiger partial charge in [0.1, 0.15) is 17.5 Å². The van der Waals surface area contributed by atoms with Crippen LogP contribution < -0.4 is 10.6 Å². The number of halogens is 3. The highest BCUT2D eigenvalue weighted by molar-refractivity contribution is 9.10. The van der Waals surface area contributed by atoms with E-state index >= 15 is 0 Å². The summed E-state index contributed by atoms with van der Waals surface area (Å²) >= 11 is 9.36. The molecule has 1 spiro atoms. The minimum Gasteiger partial charge on any atom is -0.360 e. The third-order valence-electron chi connectivity index (χ3n) is 8.81. The molecule has 1 aliphatic carbocycles. The first-order valence-corrected chi connectivity index (χ1v) is 14.8. The van der Waals surface area contributed by atoms with Crippen LogP contribution in [0.1, 0.15) is 44.2 Å². The Bertz CT molecular complexity index is 1390. The molecule has 3 fully saturated rings. The van der Waals surface area contributed by atoms with Gasteiger partial charge in [0.2, 0.25) is 17.7 Å². The first-order chi connectivity index (χ1) is 19.2. The van der Waals surface area contributed by atoms with Crippen molar-refractivity contribution in [3.05, 3.63) is 75.5 Å². The van der Waals surface area contributed by atoms with Crippen molar-refractivity contribution >= 4 is 50.9 Å². The Morgan fingerprint density at radius 3 is 2.65 bits per heavy atom. The SMILES string of the molecule is CC1CCCCC1NC(=O)C(c1ccc(Cl)cc1)N1CC23C=CC(O2)C(C(=O)Nc2ccc(Br)cc2F)C3C1=O. The highest BCUT2D eigenvalue weighted by atomic mass is 79.9. The Morgan fingerprint density at radius 2 is 1.93 bits per heavy atom. The normalized spacial score (nSPS) is 31.2. The van der Waals surface area contributed by atoms with Crippen molar-refractivity contribution in [2.24, 2.45) is 17.8 Å². The van der Waals surface area contributed by atoms with Gasteiger partial charge in [-0.1, -0.05) is 71.6 Å². The number of hydrogen-bond acceptors (Lipinski definition) is 4. The number of ether oxygens (including phenoxy) is 1. The van der Waals surface area contributed by atoms with Gasteiger partial charge in [0, 0.05) is 15.5 Å². The number of fused-ring (bicyclic) bond motifs is 1. The number of carbonyl (C=O) groups is 3. The van der Waals surface area contributed by atoms with Gasteiger partial charge < -0.3 is 20.3 Å². The van der Waals surface area contributed by atoms with E-state index in [1.165, 1.54) is 17.0 Å². The first-order valence-electron chi connectivity index (χ1n) is 13.7. The van der Waals surface area contributed by atoms with Gasteiger partial charge in [0.15, 0.2) is 0 Å². The maximum atomic E-state index is 14.5. The average molecular weight is 631 g/mol. The van der Waals surface area contributed by atoms with Crippen molar-refractivity contribution in [2.45, 2.75) is 56.4 Å². The van der Waals surface area contributed by atoms with Gasteiger partial charge in [-0.25, -0.2) is 4.39 Å². The lowest BCUT2D eigenvalue weighted by atomic mass is 9.76. The number of anilines is 1. The predicted octanol–water partition coefficient (Wildman–Crippen LogP) is 5.40. The molecule has 210 valence electrons. The van der Waals surface area contributed by atoms with Crippen molar-refractivity contribution in [2.75, 3.05) is 11.9 Å². The Kier molecular flexibility index (Phi) is 7.25. The second-order valence-corrected chi connectivity index (χ2v) is 12.7. The van der Waals surface area contributed by atoms with Crippen LogP contribution in [0.4, 0.5) is 10.1 Å². The molecule has 4 aliphatic rings. The molecular weight excluding hydrogens is 601 g/mol. The van der Waals surface area contributed by atoms with Crippen LogP contribution in [0.2, 0.25) is 5.02 Å². The number of likely N-dealkylation sites (tertiary alicyclic amines) is 1. The third-order valence-corrected chi connectivity index (χ3v) is 9.55. The molecule has 10 heteroatoms. The van der Waals surface area contributed by atoms with E-state index in [0.717, 1.165) is 25.7 Å². The number of rotatable bonds is 6. The Labute approximate surface area is 245 Å². The zero-order chi connectivity index (χ0) is 28.2. The third kappa shape index (κ3) is 4.76. The summed E-state index contributed by atoms with van der Waals surface area (Å²) in [5.41, 5.74) is -0.381. The quantitative estimate of drug-likeness (QED) is 0.419. The van der Waals surface area contributed by atoms with E-state index in [4.69, 9.17) is 16.3 Å². The van der Waals surface area contributed by atoms with Gasteiger partial charge in [-0.2, -0.15) is 0 Å². The largest absolute Gasteiger partial charge is 0.360 e. The van der Waals surface area contributed by atoms with Crippen molar-refractivity contribution < 1.29 is 23.5 Å². The van der Waals surface area contributed by atoms with Crippen LogP contribution in [0.3, 0.4) is 0 Å². The van der Waals surface area contributed by atoms with E-state index in [1.807, 2.05) is 6.08 Å². The van der Waals surface area contributed by atoms with E-state index in [-0.39, 0.29) is 30.1 Å². The second kappa shape index (κ2) is 10.6. The highest BCUT2D eigenvalue weighted by Gasteiger charge is 2.68. The van der Waals surface area contributed by atoms with Crippen molar-refractivity contribution in [3.8, 4) is 0 Å². The van der Waals surface area contributed by atoms with Crippen LogP contribution in [-0.4, -0.2) is 46.9 Å². The molecule has 0 aromatic heterocycles. The molecule has 3 aliphatic heterocycles. The number of benzene rings is 2. The fraction of sp³-hybridized carbons (Fsp3) is 0.433. The number of amides is 3. The first kappa shape index (κ1) is 27.4. The number of hydrogen-bond donors (Lipinski definition) is 2. The summed E-state index contributed by atoms with van der Waals surface area (Å²) in [7, 11) is 0. The number of nitrogens with zero attached hydrogens (tertiary/aromatic N) is 1. The fourth-order valence-electron chi connectivity index (χ4n) is 6.76. The molecule has 7 atom stereocenters. The van der Waals surface area contributed by atoms with Crippen LogP contribution in [0.25, 0.3) is 0 Å². The molecule has 0 radical (unpaired) electrons. The lowest BCUT2D eigenvalue weighted by Gasteiger charge is -2.34. The predicted molar refractivity (Wildman–Crippen MR) is 152 cm³/mol. The molecule has 7 unspecified atom stereocenters. The molecule has 2 N–H and O–H groups in total. The van der Waals surface area contributed by atoms with E-state index in [0.29, 0.717) is 21.0 Å². The molecule has 2 saturated heterocycles. The molecule has 3 amide bonds. The van der Waals surface area contributed by atoms with Gasteiger partial charge >= 0.3 is 0 Å². The fourth-order valence-corrected chi connectivity index (χ4v) is 7.22. The molecule has 6 rings (SSSR count). The smallest absolute Gasteiger partial charge is 0.247 e. The van der Waals surface area contributed by atoms with Crippen molar-refractivity contribution in [1.29, 1.82) is 0 Å². The topological polar surface area (TPSA) is 87.7 Å². The summed E-state index contributed by atoms with van der Waals surface area (Å²) in [4.78, 5) is 43.0. The van der Waals surface area contributed by atoms with Crippen LogP contribution in [0.5, 0.6) is 0 Å². The molecule has 2 aromatic rings. The second-order valence-electron chi connectivity index (χ2n) is 11.3. The minimum atomic E-state index is -1.04. The van der Waals surface area contributed by atoms with E-state index in [2.05, 4.69) is 33.5 Å². The lowest BCUT2D eigenvalue weighted by Crippen LogP contribution is -2.49. The summed E-state index contributed by atoms with van der Waals surface area (Å²) < 4.78 is 21.3. The van der Waals surface area contributed by atoms with Gasteiger partial charge in [-0.05, 0) is 54.7 Å². The summed E-state index contributed by atoms with van der Waals surface area (Å²) in [6.45, 7) is 2.27. The minimum absolute atomic E-state index is 0.0244. The van der Waals surface area contributed by atoms with Crippen molar-refractivity contribution in [3.63, 3.8) is 0 Å². The molecule has 2 aromatic carbocycles.